The van der Waals surface area contributed by atoms with E-state index in [2.05, 4.69) is 11.7 Å². The zero-order valence-corrected chi connectivity index (χ0v) is 9.26. The third-order valence-electron chi connectivity index (χ3n) is 1.18. The molecule has 0 aliphatic heterocycles. The fourth-order valence-corrected chi connectivity index (χ4v) is 3.30. The molecule has 0 saturated carbocycles. The summed E-state index contributed by atoms with van der Waals surface area (Å²) >= 11 is -0.208. The van der Waals surface area contributed by atoms with Crippen molar-refractivity contribution in [2.75, 3.05) is 7.11 Å². The van der Waals surface area contributed by atoms with Gasteiger partial charge in [0.2, 0.25) is 0 Å². The van der Waals surface area contributed by atoms with Gasteiger partial charge in [0.15, 0.2) is 0 Å². The summed E-state index contributed by atoms with van der Waals surface area (Å²) in [5.74, 6) is -0.0586. The van der Waals surface area contributed by atoms with Crippen LogP contribution in [0.1, 0.15) is 20.8 Å². The predicted octanol–water partition coefficient (Wildman–Crippen LogP) is 1.50. The second-order valence-corrected chi connectivity index (χ2v) is 7.82. The molecule has 3 heteroatoms. The Morgan fingerprint density at radius 1 is 1.60 bits per heavy atom. The quantitative estimate of drug-likeness (QED) is 0.566. The van der Waals surface area contributed by atoms with Crippen molar-refractivity contribution >= 4 is 26.9 Å². The topological polar surface area (TPSA) is 26.3 Å². The van der Waals surface area contributed by atoms with Crippen LogP contribution in [0.5, 0.6) is 0 Å². The Morgan fingerprint density at radius 3 is 2.40 bits per heavy atom. The number of esters is 1. The third-order valence-corrected chi connectivity index (χ3v) is 4.54. The van der Waals surface area contributed by atoms with Gasteiger partial charge in [0.05, 0.1) is 0 Å². The maximum absolute atomic E-state index is 11.0. The van der Waals surface area contributed by atoms with Gasteiger partial charge in [-0.3, -0.25) is 0 Å². The molecule has 0 aromatic heterocycles. The van der Waals surface area contributed by atoms with Gasteiger partial charge in [-0.1, -0.05) is 0 Å². The Hall–Kier alpha value is 0.260. The first-order chi connectivity index (χ1) is 4.54. The van der Waals surface area contributed by atoms with Crippen LogP contribution in [0.3, 0.4) is 0 Å². The number of ether oxygens (including phenoxy) is 1. The molecule has 0 saturated heterocycles. The van der Waals surface area contributed by atoms with Gasteiger partial charge < -0.3 is 0 Å². The Morgan fingerprint density at radius 2 is 2.10 bits per heavy atom. The molecule has 0 radical (unpaired) electrons. The summed E-state index contributed by atoms with van der Waals surface area (Å²) in [5, 5.41) is 0. The Bertz CT molecular complexity index is 121. The molecule has 60 valence electrons. The molecule has 0 bridgehead atoms. The average molecular weight is 258 g/mol. The van der Waals surface area contributed by atoms with Gasteiger partial charge in [0, 0.05) is 0 Å². The van der Waals surface area contributed by atoms with E-state index in [0.29, 0.717) is 0 Å². The molecule has 0 atom stereocenters. The molecule has 0 heterocycles. The zero-order chi connectivity index (χ0) is 8.20. The van der Waals surface area contributed by atoms with E-state index in [1.165, 1.54) is 7.11 Å². The predicted molar refractivity (Wildman–Crippen MR) is 42.3 cm³/mol. The molecular weight excluding hydrogens is 244 g/mol. The molecule has 0 rings (SSSR count). The van der Waals surface area contributed by atoms with E-state index in [-0.39, 0.29) is 30.4 Å². The van der Waals surface area contributed by atoms with Crippen LogP contribution < -0.4 is 0 Å². The number of hydrogen-bond acceptors (Lipinski definition) is 2. The van der Waals surface area contributed by atoms with E-state index in [9.17, 15) is 4.79 Å². The van der Waals surface area contributed by atoms with E-state index in [0.717, 1.165) is 4.47 Å². The molecule has 0 fully saturated rings. The monoisotopic (exact) mass is 260 g/mol. The van der Waals surface area contributed by atoms with Gasteiger partial charge in [0.1, 0.15) is 0 Å². The Kier molecular flexibility index (Phi) is 4.31. The van der Waals surface area contributed by atoms with Gasteiger partial charge in [-0.15, -0.1) is 0 Å². The van der Waals surface area contributed by atoms with Crippen molar-refractivity contribution in [2.45, 2.75) is 28.7 Å². The van der Waals surface area contributed by atoms with Crippen molar-refractivity contribution in [3.63, 3.8) is 0 Å². The van der Waals surface area contributed by atoms with Crippen LogP contribution in [-0.2, 0) is 9.53 Å². The number of carbonyl (C=O) groups is 1. The number of carbonyl (C=O) groups excluding carboxylic acids is 1. The molecule has 0 aromatic rings. The minimum atomic E-state index is -0.208. The van der Waals surface area contributed by atoms with E-state index in [1.807, 2.05) is 13.8 Å². The summed E-state index contributed by atoms with van der Waals surface area (Å²) in [4.78, 5) is 11.0. The maximum atomic E-state index is 11.0. The van der Waals surface area contributed by atoms with Crippen LogP contribution >= 0.6 is 0 Å². The number of methoxy groups -OCH3 is 1. The summed E-state index contributed by atoms with van der Waals surface area (Å²) in [6.45, 7) is 6.04. The fourth-order valence-electron chi connectivity index (χ4n) is 0.666. The van der Waals surface area contributed by atoms with Gasteiger partial charge >= 0.3 is 72.2 Å². The van der Waals surface area contributed by atoms with Crippen LogP contribution in [0.4, 0.5) is 0 Å². The van der Waals surface area contributed by atoms with E-state index >= 15 is 0 Å². The van der Waals surface area contributed by atoms with Crippen molar-refractivity contribution < 1.29 is 9.53 Å². The standard InChI is InChI=1S/C7H14O2Te/c1-5-10-7(2,3)6(8)9-4/h5H2,1-4H3. The van der Waals surface area contributed by atoms with Crippen molar-refractivity contribution in [1.82, 2.24) is 0 Å². The summed E-state index contributed by atoms with van der Waals surface area (Å²) < 4.78 is 5.64. The summed E-state index contributed by atoms with van der Waals surface area (Å²) in [7, 11) is 1.45. The van der Waals surface area contributed by atoms with Gasteiger partial charge in [-0.05, 0) is 0 Å². The van der Waals surface area contributed by atoms with Crippen molar-refractivity contribution in [3.05, 3.63) is 0 Å². The summed E-state index contributed by atoms with van der Waals surface area (Å²) in [6.07, 6.45) is 0. The average Bonchev–Trinajstić information content (AvgIpc) is 1.86. The van der Waals surface area contributed by atoms with Crippen LogP contribution in [0.15, 0.2) is 0 Å². The third kappa shape index (κ3) is 2.90. The van der Waals surface area contributed by atoms with Crippen molar-refractivity contribution in [3.8, 4) is 0 Å². The van der Waals surface area contributed by atoms with Crippen molar-refractivity contribution in [2.24, 2.45) is 0 Å². The molecule has 0 aromatic carbocycles. The van der Waals surface area contributed by atoms with Gasteiger partial charge in [-0.2, -0.15) is 0 Å². The Labute approximate surface area is 72.4 Å². The molecule has 2 nitrogen and oxygen atoms in total. The van der Waals surface area contributed by atoms with Crippen molar-refractivity contribution in [1.29, 1.82) is 0 Å². The summed E-state index contributed by atoms with van der Waals surface area (Å²) in [6, 6.07) is 0. The van der Waals surface area contributed by atoms with Gasteiger partial charge in [0.25, 0.3) is 0 Å². The second kappa shape index (κ2) is 4.20. The number of rotatable bonds is 3. The first kappa shape index (κ1) is 10.3. The molecule has 0 spiro atoms. The molecule has 10 heavy (non-hydrogen) atoms. The summed E-state index contributed by atoms with van der Waals surface area (Å²) in [5.41, 5.74) is 0. The van der Waals surface area contributed by atoms with E-state index in [4.69, 9.17) is 0 Å². The van der Waals surface area contributed by atoms with Gasteiger partial charge in [-0.25, -0.2) is 0 Å². The normalized spacial score (nSPS) is 11.2. The molecule has 0 unspecified atom stereocenters. The van der Waals surface area contributed by atoms with Crippen LogP contribution in [0.2, 0.25) is 7.93 Å². The molecule has 0 aliphatic carbocycles. The minimum absolute atomic E-state index is 0.0586. The van der Waals surface area contributed by atoms with E-state index in [1.54, 1.807) is 0 Å². The molecule has 0 aliphatic rings. The van der Waals surface area contributed by atoms with E-state index < -0.39 is 0 Å². The molecular formula is C7H14O2Te. The van der Waals surface area contributed by atoms with Crippen LogP contribution in [0.25, 0.3) is 0 Å². The van der Waals surface area contributed by atoms with Crippen LogP contribution in [-0.4, -0.2) is 34.0 Å². The SMILES string of the molecule is CC[Te]C(C)(C)C(=O)OC. The first-order valence-corrected chi connectivity index (χ1v) is 6.08. The Balaban J connectivity index is 3.96. The number of hydrogen-bond donors (Lipinski definition) is 0. The first-order valence-electron chi connectivity index (χ1n) is 3.27. The molecule has 0 N–H and O–H groups in total. The fraction of sp³-hybridized carbons (Fsp3) is 0.857. The molecule has 0 amide bonds. The van der Waals surface area contributed by atoms with Crippen LogP contribution in [0, 0.1) is 0 Å². The second-order valence-electron chi connectivity index (χ2n) is 2.43. The zero-order valence-electron chi connectivity index (χ0n) is 6.93.